The van der Waals surface area contributed by atoms with E-state index in [4.69, 9.17) is 9.47 Å². The van der Waals surface area contributed by atoms with Gasteiger partial charge in [0, 0.05) is 28.5 Å². The third-order valence-corrected chi connectivity index (χ3v) is 3.76. The Morgan fingerprint density at radius 1 is 1.08 bits per heavy atom. The van der Waals surface area contributed by atoms with E-state index in [1.807, 2.05) is 32.9 Å². The summed E-state index contributed by atoms with van der Waals surface area (Å²) in [5.74, 6) is 0.553. The van der Waals surface area contributed by atoms with Gasteiger partial charge in [-0.1, -0.05) is 0 Å². The maximum atomic E-state index is 13.7. The molecule has 0 aliphatic carbocycles. The molecule has 5 nitrogen and oxygen atoms in total. The highest BCUT2D eigenvalue weighted by molar-refractivity contribution is 5.76. The predicted molar refractivity (Wildman–Crippen MR) is 94.3 cm³/mol. The minimum Gasteiger partial charge on any atom is -0.490 e. The minimum absolute atomic E-state index is 0.0765. The normalized spacial score (nSPS) is 11.0. The van der Waals surface area contributed by atoms with Crippen molar-refractivity contribution in [2.75, 3.05) is 7.11 Å². The van der Waals surface area contributed by atoms with Crippen LogP contribution in [0.15, 0.2) is 36.5 Å². The molecule has 0 fully saturated rings. The molecule has 0 saturated carbocycles. The van der Waals surface area contributed by atoms with E-state index in [1.54, 1.807) is 19.4 Å². The summed E-state index contributed by atoms with van der Waals surface area (Å²) in [7, 11) is 1.56. The van der Waals surface area contributed by atoms with Crippen LogP contribution in [-0.2, 0) is 0 Å². The van der Waals surface area contributed by atoms with Crippen LogP contribution in [-0.4, -0.2) is 28.4 Å². The number of aromatic nitrogens is 3. The quantitative estimate of drug-likeness (QED) is 0.748. The summed E-state index contributed by atoms with van der Waals surface area (Å²) in [6.07, 6.45) is 1.65. The number of H-pyrrole nitrogens is 1. The molecule has 3 rings (SSSR count). The summed E-state index contributed by atoms with van der Waals surface area (Å²) >= 11 is 0. The average molecular weight is 341 g/mol. The van der Waals surface area contributed by atoms with E-state index in [2.05, 4.69) is 15.2 Å². The number of ether oxygens (including phenoxy) is 2. The third kappa shape index (κ3) is 3.47. The highest BCUT2D eigenvalue weighted by atomic mass is 19.1. The van der Waals surface area contributed by atoms with Gasteiger partial charge in [-0.25, -0.2) is 9.37 Å². The van der Waals surface area contributed by atoms with Gasteiger partial charge in [-0.2, -0.15) is 5.10 Å². The van der Waals surface area contributed by atoms with E-state index >= 15 is 0 Å². The van der Waals surface area contributed by atoms with Gasteiger partial charge in [-0.3, -0.25) is 5.10 Å². The fourth-order valence-corrected chi connectivity index (χ4v) is 2.63. The summed E-state index contributed by atoms with van der Waals surface area (Å²) in [6.45, 7) is 5.73. The van der Waals surface area contributed by atoms with Crippen molar-refractivity contribution >= 4 is 0 Å². The molecule has 2 heterocycles. The van der Waals surface area contributed by atoms with Crippen molar-refractivity contribution in [2.24, 2.45) is 0 Å². The molecule has 130 valence electrons. The minimum atomic E-state index is -0.350. The zero-order valence-electron chi connectivity index (χ0n) is 14.6. The number of benzene rings is 1. The van der Waals surface area contributed by atoms with Crippen LogP contribution in [0.5, 0.6) is 11.6 Å². The van der Waals surface area contributed by atoms with E-state index in [-0.39, 0.29) is 11.9 Å². The number of nitrogens with one attached hydrogen (secondary N) is 1. The number of aromatic amines is 1. The van der Waals surface area contributed by atoms with Crippen LogP contribution in [0.4, 0.5) is 4.39 Å². The van der Waals surface area contributed by atoms with E-state index in [1.165, 1.54) is 12.1 Å². The van der Waals surface area contributed by atoms with E-state index in [0.717, 1.165) is 28.1 Å². The highest BCUT2D eigenvalue weighted by Crippen LogP contribution is 2.37. The van der Waals surface area contributed by atoms with Crippen molar-refractivity contribution in [1.29, 1.82) is 0 Å². The first kappa shape index (κ1) is 17.0. The Labute approximate surface area is 145 Å². The first-order chi connectivity index (χ1) is 12.0. The number of hydrogen-bond donors (Lipinski definition) is 1. The van der Waals surface area contributed by atoms with Gasteiger partial charge < -0.3 is 9.47 Å². The maximum absolute atomic E-state index is 13.7. The van der Waals surface area contributed by atoms with Gasteiger partial charge in [0.2, 0.25) is 5.88 Å². The first-order valence-electron chi connectivity index (χ1n) is 8.01. The van der Waals surface area contributed by atoms with Gasteiger partial charge in [0.15, 0.2) is 0 Å². The number of halogens is 1. The maximum Gasteiger partial charge on any atom is 0.221 e. The van der Waals surface area contributed by atoms with Crippen molar-refractivity contribution in [1.82, 2.24) is 15.2 Å². The largest absolute Gasteiger partial charge is 0.490 e. The van der Waals surface area contributed by atoms with Crippen LogP contribution < -0.4 is 9.47 Å². The molecule has 0 atom stereocenters. The Balaban J connectivity index is 2.10. The number of nitrogens with zero attached hydrogens (tertiary/aromatic N) is 2. The lowest BCUT2D eigenvalue weighted by Gasteiger charge is -2.16. The lowest BCUT2D eigenvalue weighted by molar-refractivity contribution is 0.242. The van der Waals surface area contributed by atoms with Gasteiger partial charge in [0.05, 0.1) is 25.1 Å². The smallest absolute Gasteiger partial charge is 0.221 e. The van der Waals surface area contributed by atoms with Crippen molar-refractivity contribution in [2.45, 2.75) is 26.9 Å². The van der Waals surface area contributed by atoms with Crippen molar-refractivity contribution in [3.63, 3.8) is 0 Å². The van der Waals surface area contributed by atoms with Crippen LogP contribution >= 0.6 is 0 Å². The second-order valence-electron chi connectivity index (χ2n) is 5.97. The number of pyridine rings is 1. The molecule has 0 aliphatic rings. The van der Waals surface area contributed by atoms with Crippen LogP contribution in [0.1, 0.15) is 19.5 Å². The van der Waals surface area contributed by atoms with Gasteiger partial charge in [-0.15, -0.1) is 0 Å². The molecule has 0 spiro atoms. The van der Waals surface area contributed by atoms with E-state index in [0.29, 0.717) is 11.6 Å². The van der Waals surface area contributed by atoms with Gasteiger partial charge >= 0.3 is 0 Å². The third-order valence-electron chi connectivity index (χ3n) is 3.76. The average Bonchev–Trinajstić information content (AvgIpc) is 3.00. The zero-order chi connectivity index (χ0) is 18.0. The first-order valence-corrected chi connectivity index (χ1v) is 8.01. The SMILES string of the molecule is COc1nc(-c2cn[nH]c2C)ccc1-c1ccc(F)cc1OC(C)C. The number of rotatable bonds is 5. The van der Waals surface area contributed by atoms with Gasteiger partial charge in [0.1, 0.15) is 11.6 Å². The molecule has 0 amide bonds. The standard InChI is InChI=1S/C19H20FN3O2/c1-11(2)25-18-9-13(20)5-6-14(18)15-7-8-17(22-19(15)24-4)16-10-21-23-12(16)3/h5-11H,1-4H3,(H,21,23). The number of hydrogen-bond acceptors (Lipinski definition) is 4. The molecule has 0 radical (unpaired) electrons. The Bertz CT molecular complexity index is 890. The highest BCUT2D eigenvalue weighted by Gasteiger charge is 2.16. The Morgan fingerprint density at radius 2 is 1.84 bits per heavy atom. The van der Waals surface area contributed by atoms with Crippen molar-refractivity contribution in [3.05, 3.63) is 48.0 Å². The molecule has 25 heavy (non-hydrogen) atoms. The summed E-state index contributed by atoms with van der Waals surface area (Å²) < 4.78 is 24.9. The molecule has 0 bridgehead atoms. The van der Waals surface area contributed by atoms with Crippen molar-refractivity contribution in [3.8, 4) is 34.0 Å². The van der Waals surface area contributed by atoms with E-state index < -0.39 is 0 Å². The number of aryl methyl sites for hydroxylation is 1. The van der Waals surface area contributed by atoms with Crippen LogP contribution in [0, 0.1) is 12.7 Å². The number of methoxy groups -OCH3 is 1. The summed E-state index contributed by atoms with van der Waals surface area (Å²) in [5.41, 5.74) is 4.05. The summed E-state index contributed by atoms with van der Waals surface area (Å²) in [4.78, 5) is 4.58. The lowest BCUT2D eigenvalue weighted by atomic mass is 10.0. The monoisotopic (exact) mass is 341 g/mol. The second kappa shape index (κ2) is 6.93. The molecule has 0 unspecified atom stereocenters. The molecular weight excluding hydrogens is 321 g/mol. The van der Waals surface area contributed by atoms with Crippen LogP contribution in [0.25, 0.3) is 22.4 Å². The molecule has 0 saturated heterocycles. The molecule has 3 aromatic rings. The van der Waals surface area contributed by atoms with Crippen LogP contribution in [0.2, 0.25) is 0 Å². The Morgan fingerprint density at radius 3 is 2.48 bits per heavy atom. The van der Waals surface area contributed by atoms with Gasteiger partial charge in [-0.05, 0) is 45.0 Å². The lowest BCUT2D eigenvalue weighted by Crippen LogP contribution is -2.07. The Hall–Kier alpha value is -2.89. The predicted octanol–water partition coefficient (Wildman–Crippen LogP) is 4.38. The molecule has 6 heteroatoms. The molecule has 1 N–H and O–H groups in total. The molecule has 1 aromatic carbocycles. The summed E-state index contributed by atoms with van der Waals surface area (Å²) in [5, 5.41) is 6.92. The zero-order valence-corrected chi connectivity index (χ0v) is 14.6. The Kier molecular flexibility index (Phi) is 4.70. The molecule has 2 aromatic heterocycles. The molecule has 0 aliphatic heterocycles. The second-order valence-corrected chi connectivity index (χ2v) is 5.97. The molecular formula is C19H20FN3O2. The van der Waals surface area contributed by atoms with Crippen molar-refractivity contribution < 1.29 is 13.9 Å². The topological polar surface area (TPSA) is 60.0 Å². The summed E-state index contributed by atoms with van der Waals surface area (Å²) in [6, 6.07) is 8.24. The van der Waals surface area contributed by atoms with Crippen LogP contribution in [0.3, 0.4) is 0 Å². The fraction of sp³-hybridized carbons (Fsp3) is 0.263. The van der Waals surface area contributed by atoms with Gasteiger partial charge in [0.25, 0.3) is 0 Å². The fourth-order valence-electron chi connectivity index (χ4n) is 2.63. The van der Waals surface area contributed by atoms with E-state index in [9.17, 15) is 4.39 Å².